The van der Waals surface area contributed by atoms with Gasteiger partial charge in [-0.25, -0.2) is 9.37 Å². The molecule has 2 aromatic carbocycles. The van der Waals surface area contributed by atoms with Crippen molar-refractivity contribution in [2.75, 3.05) is 0 Å². The molecule has 6 nitrogen and oxygen atoms in total. The van der Waals surface area contributed by atoms with Gasteiger partial charge in [-0.15, -0.1) is 0 Å². The molecule has 1 heterocycles. The van der Waals surface area contributed by atoms with Crippen molar-refractivity contribution in [2.24, 2.45) is 5.92 Å². The van der Waals surface area contributed by atoms with Crippen LogP contribution >= 0.6 is 0 Å². The number of aromatic hydroxyl groups is 1. The molecule has 0 saturated heterocycles. The molecule has 0 aliphatic heterocycles. The second kappa shape index (κ2) is 8.22. The summed E-state index contributed by atoms with van der Waals surface area (Å²) in [4.78, 5) is 28.9. The lowest BCUT2D eigenvalue weighted by atomic mass is 9.80. The number of aliphatic carboxylic acids is 1. The molecule has 4 rings (SSSR count). The van der Waals surface area contributed by atoms with Gasteiger partial charge < -0.3 is 15.5 Å². The Bertz CT molecular complexity index is 1230. The van der Waals surface area contributed by atoms with Crippen molar-refractivity contribution in [2.45, 2.75) is 45.6 Å². The summed E-state index contributed by atoms with van der Waals surface area (Å²) in [6.45, 7) is 5.64. The Balaban J connectivity index is 1.84. The van der Waals surface area contributed by atoms with Crippen LogP contribution < -0.4 is 5.32 Å². The molecule has 1 aliphatic rings. The average Bonchev–Trinajstić information content (AvgIpc) is 2.70. The van der Waals surface area contributed by atoms with Crippen LogP contribution in [0.5, 0.6) is 5.75 Å². The first-order valence-electron chi connectivity index (χ1n) is 10.6. The Kier molecular flexibility index (Phi) is 5.59. The molecular formula is C25H25FN2O4. The van der Waals surface area contributed by atoms with E-state index in [1.54, 1.807) is 31.2 Å². The summed E-state index contributed by atoms with van der Waals surface area (Å²) in [5, 5.41) is 23.3. The van der Waals surface area contributed by atoms with Crippen molar-refractivity contribution in [3.8, 4) is 16.9 Å². The zero-order chi connectivity index (χ0) is 23.2. The highest BCUT2D eigenvalue weighted by atomic mass is 19.1. The zero-order valence-electron chi connectivity index (χ0n) is 18.1. The highest BCUT2D eigenvalue weighted by Crippen LogP contribution is 2.38. The van der Waals surface area contributed by atoms with E-state index in [-0.39, 0.29) is 29.2 Å². The minimum atomic E-state index is -0.856. The maximum absolute atomic E-state index is 13.9. The van der Waals surface area contributed by atoms with Gasteiger partial charge in [0.1, 0.15) is 17.3 Å². The van der Waals surface area contributed by atoms with Crippen molar-refractivity contribution >= 4 is 22.6 Å². The van der Waals surface area contributed by atoms with Gasteiger partial charge in [-0.1, -0.05) is 19.9 Å². The number of carbonyl (C=O) groups excluding carboxylic acids is 1. The van der Waals surface area contributed by atoms with Gasteiger partial charge in [0.15, 0.2) is 0 Å². The fourth-order valence-corrected chi connectivity index (χ4v) is 4.21. The molecular weight excluding hydrogens is 411 g/mol. The highest BCUT2D eigenvalue weighted by molar-refractivity contribution is 6.10. The molecule has 0 bridgehead atoms. The number of halogens is 1. The summed E-state index contributed by atoms with van der Waals surface area (Å²) in [6, 6.07) is 9.44. The van der Waals surface area contributed by atoms with E-state index in [4.69, 9.17) is 10.1 Å². The van der Waals surface area contributed by atoms with Crippen LogP contribution in [0.3, 0.4) is 0 Å². The number of fused-ring (bicyclic) bond motifs is 1. The standard InChI is InChI=1S/C25H25FN2O4/c1-12(2)22-21(14-4-7-20(26)13(3)8-14)18-6-5-17(29)11-19(18)23(28-22)24(30)27-16-9-15(10-16)25(31)32/h4-8,11-12,15-16,29H,9-10H2,1-3H3,(H,27,30)(H,31,32). The van der Waals surface area contributed by atoms with Crippen LogP contribution in [0.2, 0.25) is 0 Å². The SMILES string of the molecule is Cc1cc(-c2c(C(C)C)nc(C(=O)NC3CC(C(=O)O)C3)c3cc(O)ccc23)ccc1F. The number of hydrogen-bond acceptors (Lipinski definition) is 4. The summed E-state index contributed by atoms with van der Waals surface area (Å²) in [5.41, 5.74) is 2.96. The van der Waals surface area contributed by atoms with Gasteiger partial charge in [0.2, 0.25) is 0 Å². The molecule has 166 valence electrons. The number of pyridine rings is 1. The lowest BCUT2D eigenvalue weighted by molar-refractivity contribution is -0.145. The number of carboxylic acid groups (broad SMARTS) is 1. The van der Waals surface area contributed by atoms with Crippen LogP contribution in [0, 0.1) is 18.7 Å². The van der Waals surface area contributed by atoms with E-state index in [0.29, 0.717) is 29.5 Å². The van der Waals surface area contributed by atoms with Crippen LogP contribution in [0.25, 0.3) is 21.9 Å². The summed E-state index contributed by atoms with van der Waals surface area (Å²) in [5.74, 6) is -2.03. The van der Waals surface area contributed by atoms with Gasteiger partial charge >= 0.3 is 5.97 Å². The number of phenols is 1. The molecule has 1 aliphatic carbocycles. The van der Waals surface area contributed by atoms with Crippen molar-refractivity contribution in [1.29, 1.82) is 0 Å². The number of carboxylic acids is 1. The number of hydrogen-bond donors (Lipinski definition) is 3. The number of benzene rings is 2. The van der Waals surface area contributed by atoms with E-state index >= 15 is 0 Å². The van der Waals surface area contributed by atoms with Crippen molar-refractivity contribution < 1.29 is 24.2 Å². The quantitative estimate of drug-likeness (QED) is 0.535. The van der Waals surface area contributed by atoms with Crippen LogP contribution in [0.15, 0.2) is 36.4 Å². The highest BCUT2D eigenvalue weighted by Gasteiger charge is 2.36. The third-order valence-corrected chi connectivity index (χ3v) is 6.05. The number of amides is 1. The van der Waals surface area contributed by atoms with E-state index < -0.39 is 17.8 Å². The minimum Gasteiger partial charge on any atom is -0.508 e. The molecule has 1 amide bonds. The van der Waals surface area contributed by atoms with Gasteiger partial charge in [0, 0.05) is 17.0 Å². The topological polar surface area (TPSA) is 99.5 Å². The van der Waals surface area contributed by atoms with E-state index in [1.807, 2.05) is 13.8 Å². The fraction of sp³-hybridized carbons (Fsp3) is 0.320. The number of nitrogens with one attached hydrogen (secondary N) is 1. The van der Waals surface area contributed by atoms with Crippen LogP contribution in [-0.2, 0) is 4.79 Å². The maximum Gasteiger partial charge on any atom is 0.306 e. The predicted molar refractivity (Wildman–Crippen MR) is 119 cm³/mol. The normalized spacial score (nSPS) is 17.9. The van der Waals surface area contributed by atoms with Crippen molar-refractivity contribution in [3.63, 3.8) is 0 Å². The smallest absolute Gasteiger partial charge is 0.306 e. The third-order valence-electron chi connectivity index (χ3n) is 6.05. The molecule has 0 spiro atoms. The second-order valence-corrected chi connectivity index (χ2v) is 8.75. The zero-order valence-corrected chi connectivity index (χ0v) is 18.1. The van der Waals surface area contributed by atoms with Crippen LogP contribution in [0.4, 0.5) is 4.39 Å². The molecule has 0 atom stereocenters. The molecule has 3 N–H and O–H groups in total. The van der Waals surface area contributed by atoms with E-state index in [0.717, 1.165) is 16.5 Å². The summed E-state index contributed by atoms with van der Waals surface area (Å²) in [6.07, 6.45) is 0.766. The summed E-state index contributed by atoms with van der Waals surface area (Å²) >= 11 is 0. The Morgan fingerprint density at radius 3 is 2.47 bits per heavy atom. The molecule has 0 unspecified atom stereocenters. The Hall–Kier alpha value is -3.48. The minimum absolute atomic E-state index is 0.00136. The van der Waals surface area contributed by atoms with Gasteiger partial charge in [-0.3, -0.25) is 9.59 Å². The third kappa shape index (κ3) is 3.90. The monoisotopic (exact) mass is 436 g/mol. The fourth-order valence-electron chi connectivity index (χ4n) is 4.21. The number of aryl methyl sites for hydroxylation is 1. The number of carbonyl (C=O) groups is 2. The molecule has 1 fully saturated rings. The molecule has 3 aromatic rings. The number of aromatic nitrogens is 1. The maximum atomic E-state index is 13.9. The van der Waals surface area contributed by atoms with Crippen molar-refractivity contribution in [1.82, 2.24) is 10.3 Å². The Morgan fingerprint density at radius 1 is 1.12 bits per heavy atom. The predicted octanol–water partition coefficient (Wildman–Crippen LogP) is 4.77. The number of rotatable bonds is 5. The molecule has 0 radical (unpaired) electrons. The summed E-state index contributed by atoms with van der Waals surface area (Å²) < 4.78 is 13.9. The first-order chi connectivity index (χ1) is 15.2. The van der Waals surface area contributed by atoms with Gasteiger partial charge in [-0.2, -0.15) is 0 Å². The van der Waals surface area contributed by atoms with E-state index in [9.17, 15) is 19.1 Å². The first kappa shape index (κ1) is 21.7. The van der Waals surface area contributed by atoms with Crippen LogP contribution in [0.1, 0.15) is 54.4 Å². The Labute approximate surface area is 185 Å². The van der Waals surface area contributed by atoms with Gasteiger partial charge in [0.25, 0.3) is 5.91 Å². The molecule has 1 aromatic heterocycles. The number of nitrogens with zero attached hydrogens (tertiary/aromatic N) is 1. The van der Waals surface area contributed by atoms with Crippen molar-refractivity contribution in [3.05, 3.63) is 59.2 Å². The van der Waals surface area contributed by atoms with Gasteiger partial charge in [-0.05, 0) is 72.5 Å². The van der Waals surface area contributed by atoms with E-state index in [1.165, 1.54) is 12.1 Å². The average molecular weight is 436 g/mol. The molecule has 32 heavy (non-hydrogen) atoms. The summed E-state index contributed by atoms with van der Waals surface area (Å²) in [7, 11) is 0. The Morgan fingerprint density at radius 2 is 1.84 bits per heavy atom. The number of phenolic OH excluding ortho intramolecular Hbond substituents is 1. The lowest BCUT2D eigenvalue weighted by Crippen LogP contribution is -2.47. The van der Waals surface area contributed by atoms with E-state index in [2.05, 4.69) is 5.32 Å². The lowest BCUT2D eigenvalue weighted by Gasteiger charge is -2.32. The van der Waals surface area contributed by atoms with Gasteiger partial charge in [0.05, 0.1) is 11.6 Å². The largest absolute Gasteiger partial charge is 0.508 e. The molecule has 1 saturated carbocycles. The molecule has 7 heteroatoms. The second-order valence-electron chi connectivity index (χ2n) is 8.75. The first-order valence-corrected chi connectivity index (χ1v) is 10.6. The van der Waals surface area contributed by atoms with Crippen LogP contribution in [-0.4, -0.2) is 33.1 Å².